The first-order valence-electron chi connectivity index (χ1n) is 11.5. The predicted molar refractivity (Wildman–Crippen MR) is 134 cm³/mol. The first-order valence-corrected chi connectivity index (χ1v) is 13.3. The van der Waals surface area contributed by atoms with E-state index < -0.39 is 40.2 Å². The van der Waals surface area contributed by atoms with Gasteiger partial charge in [-0.25, -0.2) is 12.8 Å². The number of benzene rings is 2. The third kappa shape index (κ3) is 7.95. The molecule has 2 rings (SSSR count). The molecule has 0 fully saturated rings. The number of halogens is 1. The van der Waals surface area contributed by atoms with Gasteiger partial charge in [0.1, 0.15) is 24.2 Å². The Balaban J connectivity index is 2.43. The molecule has 0 aliphatic carbocycles. The maximum atomic E-state index is 14.4. The monoisotopic (exact) mass is 507 g/mol. The van der Waals surface area contributed by atoms with E-state index in [4.69, 9.17) is 4.74 Å². The van der Waals surface area contributed by atoms with Crippen LogP contribution in [-0.4, -0.2) is 57.1 Å². The molecule has 0 saturated carbocycles. The van der Waals surface area contributed by atoms with Crippen molar-refractivity contribution in [3.63, 3.8) is 0 Å². The standard InChI is InChI=1S/C25H34FN3O5S/c1-6-34-23-14-10-9-13-22(23)29(35(5,32)33)17-24(30)28(16-20-11-7-8-12-21(20)26)19(4)25(31)27-15-18(2)3/h7-14,18-19H,6,15-17H2,1-5H3,(H,27,31)/t19-/m0/s1. The quantitative estimate of drug-likeness (QED) is 0.476. The molecule has 0 saturated heterocycles. The number of carbonyl (C=O) groups excluding carboxylic acids is 2. The molecule has 0 aliphatic rings. The summed E-state index contributed by atoms with van der Waals surface area (Å²) in [7, 11) is -3.90. The molecule has 10 heteroatoms. The second kappa shape index (κ2) is 12.5. The average molecular weight is 508 g/mol. The molecular formula is C25H34FN3O5S. The first-order chi connectivity index (χ1) is 16.5. The third-order valence-electron chi connectivity index (χ3n) is 5.26. The van der Waals surface area contributed by atoms with Crippen LogP contribution >= 0.6 is 0 Å². The fraction of sp³-hybridized carbons (Fsp3) is 0.440. The van der Waals surface area contributed by atoms with Crippen molar-refractivity contribution in [1.82, 2.24) is 10.2 Å². The minimum Gasteiger partial charge on any atom is -0.492 e. The SMILES string of the molecule is CCOc1ccccc1N(CC(=O)N(Cc1ccccc1F)[C@@H](C)C(=O)NCC(C)C)S(C)(=O)=O. The normalized spacial score (nSPS) is 12.2. The van der Waals surface area contributed by atoms with Crippen LogP contribution in [0, 0.1) is 11.7 Å². The van der Waals surface area contributed by atoms with Crippen molar-refractivity contribution in [3.05, 3.63) is 59.9 Å². The Morgan fingerprint density at radius 1 is 1.06 bits per heavy atom. The fourth-order valence-electron chi connectivity index (χ4n) is 3.38. The second-order valence-corrected chi connectivity index (χ2v) is 10.5. The van der Waals surface area contributed by atoms with Crippen LogP contribution in [0.1, 0.15) is 33.3 Å². The molecule has 1 atom stereocenters. The highest BCUT2D eigenvalue weighted by molar-refractivity contribution is 7.92. The van der Waals surface area contributed by atoms with Gasteiger partial charge in [0.15, 0.2) is 0 Å². The van der Waals surface area contributed by atoms with Crippen molar-refractivity contribution in [2.45, 2.75) is 40.3 Å². The number of amides is 2. The van der Waals surface area contributed by atoms with Crippen LogP contribution in [-0.2, 0) is 26.2 Å². The molecule has 1 N–H and O–H groups in total. The van der Waals surface area contributed by atoms with Gasteiger partial charge in [0.2, 0.25) is 21.8 Å². The molecule has 0 bridgehead atoms. The van der Waals surface area contributed by atoms with Gasteiger partial charge in [-0.15, -0.1) is 0 Å². The summed E-state index contributed by atoms with van der Waals surface area (Å²) in [5, 5.41) is 2.78. The molecule has 0 heterocycles. The van der Waals surface area contributed by atoms with E-state index in [0.29, 0.717) is 18.9 Å². The summed E-state index contributed by atoms with van der Waals surface area (Å²) in [6.45, 7) is 7.09. The number of hydrogen-bond acceptors (Lipinski definition) is 5. The van der Waals surface area contributed by atoms with Gasteiger partial charge >= 0.3 is 0 Å². The number of nitrogens with one attached hydrogen (secondary N) is 1. The van der Waals surface area contributed by atoms with Gasteiger partial charge in [-0.2, -0.15) is 0 Å². The van der Waals surface area contributed by atoms with Crippen LogP contribution in [0.15, 0.2) is 48.5 Å². The summed E-state index contributed by atoms with van der Waals surface area (Å²) < 4.78 is 46.3. The highest BCUT2D eigenvalue weighted by Gasteiger charge is 2.31. The van der Waals surface area contributed by atoms with Crippen molar-refractivity contribution in [2.24, 2.45) is 5.92 Å². The zero-order valence-corrected chi connectivity index (χ0v) is 21.6. The Bertz CT molecular complexity index is 1120. The number of para-hydroxylation sites is 2. The Morgan fingerprint density at radius 2 is 1.69 bits per heavy atom. The van der Waals surface area contributed by atoms with E-state index >= 15 is 0 Å². The van der Waals surface area contributed by atoms with Gasteiger partial charge in [-0.05, 0) is 38.0 Å². The Hall–Kier alpha value is -3.14. The number of nitrogens with zero attached hydrogens (tertiary/aromatic N) is 2. The minimum atomic E-state index is -3.90. The number of rotatable bonds is 12. The van der Waals surface area contributed by atoms with E-state index in [1.165, 1.54) is 30.0 Å². The summed E-state index contributed by atoms with van der Waals surface area (Å²) in [5.74, 6) is -1.10. The van der Waals surface area contributed by atoms with Crippen LogP contribution in [0.5, 0.6) is 5.75 Å². The number of sulfonamides is 1. The average Bonchev–Trinajstić information content (AvgIpc) is 2.80. The lowest BCUT2D eigenvalue weighted by Crippen LogP contribution is -2.51. The fourth-order valence-corrected chi connectivity index (χ4v) is 4.23. The smallest absolute Gasteiger partial charge is 0.244 e. The highest BCUT2D eigenvalue weighted by Crippen LogP contribution is 2.30. The first kappa shape index (κ1) is 28.1. The van der Waals surface area contributed by atoms with Crippen molar-refractivity contribution in [1.29, 1.82) is 0 Å². The number of carbonyl (C=O) groups is 2. The Labute approximate surface area is 207 Å². The Morgan fingerprint density at radius 3 is 2.29 bits per heavy atom. The van der Waals surface area contributed by atoms with E-state index in [9.17, 15) is 22.4 Å². The van der Waals surface area contributed by atoms with Crippen molar-refractivity contribution in [3.8, 4) is 5.75 Å². The third-order valence-corrected chi connectivity index (χ3v) is 6.39. The van der Waals surface area contributed by atoms with Gasteiger partial charge in [0.05, 0.1) is 18.6 Å². The van der Waals surface area contributed by atoms with E-state index in [0.717, 1.165) is 10.6 Å². The number of ether oxygens (including phenoxy) is 1. The summed E-state index contributed by atoms with van der Waals surface area (Å²) >= 11 is 0. The van der Waals surface area contributed by atoms with Gasteiger partial charge < -0.3 is 15.0 Å². The minimum absolute atomic E-state index is 0.192. The van der Waals surface area contributed by atoms with Gasteiger partial charge in [-0.1, -0.05) is 44.2 Å². The van der Waals surface area contributed by atoms with Crippen LogP contribution in [0.25, 0.3) is 0 Å². The summed E-state index contributed by atoms with van der Waals surface area (Å²) in [6, 6.07) is 11.5. The molecule has 8 nitrogen and oxygen atoms in total. The lowest BCUT2D eigenvalue weighted by atomic mass is 10.1. The van der Waals surface area contributed by atoms with Crippen molar-refractivity contribution >= 4 is 27.5 Å². The van der Waals surface area contributed by atoms with Gasteiger partial charge in [-0.3, -0.25) is 13.9 Å². The van der Waals surface area contributed by atoms with E-state index in [2.05, 4.69) is 5.32 Å². The van der Waals surface area contributed by atoms with E-state index in [-0.39, 0.29) is 23.7 Å². The van der Waals surface area contributed by atoms with Crippen LogP contribution in [0.2, 0.25) is 0 Å². The maximum absolute atomic E-state index is 14.4. The van der Waals surface area contributed by atoms with Gasteiger partial charge in [0, 0.05) is 18.7 Å². The topological polar surface area (TPSA) is 96.0 Å². The molecule has 0 unspecified atom stereocenters. The molecule has 2 aromatic carbocycles. The zero-order chi connectivity index (χ0) is 26.2. The zero-order valence-electron chi connectivity index (χ0n) is 20.8. The number of anilines is 1. The summed E-state index contributed by atoms with van der Waals surface area (Å²) in [4.78, 5) is 27.5. The lowest BCUT2D eigenvalue weighted by Gasteiger charge is -2.32. The van der Waals surface area contributed by atoms with Crippen LogP contribution in [0.3, 0.4) is 0 Å². The predicted octanol–water partition coefficient (Wildman–Crippen LogP) is 3.18. The van der Waals surface area contributed by atoms with E-state index in [1.807, 2.05) is 13.8 Å². The molecule has 192 valence electrons. The molecule has 0 radical (unpaired) electrons. The van der Waals surface area contributed by atoms with E-state index in [1.54, 1.807) is 37.3 Å². The molecule has 0 aliphatic heterocycles. The molecule has 0 aromatic heterocycles. The molecule has 2 aromatic rings. The highest BCUT2D eigenvalue weighted by atomic mass is 32.2. The summed E-state index contributed by atoms with van der Waals surface area (Å²) in [5.41, 5.74) is 0.415. The molecular weight excluding hydrogens is 473 g/mol. The van der Waals surface area contributed by atoms with Crippen LogP contribution in [0.4, 0.5) is 10.1 Å². The van der Waals surface area contributed by atoms with Crippen molar-refractivity contribution < 1.29 is 27.1 Å². The van der Waals surface area contributed by atoms with Gasteiger partial charge in [0.25, 0.3) is 0 Å². The second-order valence-electron chi connectivity index (χ2n) is 8.60. The summed E-state index contributed by atoms with van der Waals surface area (Å²) in [6.07, 6.45) is 0.989. The Kier molecular flexibility index (Phi) is 10.1. The number of hydrogen-bond donors (Lipinski definition) is 1. The maximum Gasteiger partial charge on any atom is 0.244 e. The molecule has 0 spiro atoms. The lowest BCUT2D eigenvalue weighted by molar-refractivity contribution is -0.139. The molecule has 35 heavy (non-hydrogen) atoms. The van der Waals surface area contributed by atoms with Crippen LogP contribution < -0.4 is 14.4 Å². The van der Waals surface area contributed by atoms with Crippen molar-refractivity contribution in [2.75, 3.05) is 30.3 Å². The largest absolute Gasteiger partial charge is 0.492 e. The molecule has 2 amide bonds.